The van der Waals surface area contributed by atoms with Crippen molar-refractivity contribution in [1.82, 2.24) is 4.90 Å². The van der Waals surface area contributed by atoms with Crippen molar-refractivity contribution < 1.29 is 6.22 Å². The fourth-order valence-corrected chi connectivity index (χ4v) is 1.40. The SMILES string of the molecule is CC.CN1CCCC(C(N)=O)C1.[HH]. The second-order valence-corrected chi connectivity index (χ2v) is 3.00. The summed E-state index contributed by atoms with van der Waals surface area (Å²) in [5.74, 6) is -0.0506. The van der Waals surface area contributed by atoms with Crippen LogP contribution in [0.1, 0.15) is 28.1 Å². The molecule has 1 rings (SSSR count). The van der Waals surface area contributed by atoms with Crippen molar-refractivity contribution in [1.29, 1.82) is 0 Å². The lowest BCUT2D eigenvalue weighted by atomic mass is 9.98. The van der Waals surface area contributed by atoms with Crippen molar-refractivity contribution in [2.75, 3.05) is 20.1 Å². The number of nitrogens with zero attached hydrogens (tertiary/aromatic N) is 1. The molecule has 0 bridgehead atoms. The summed E-state index contributed by atoms with van der Waals surface area (Å²) in [6, 6.07) is 0. The number of carbonyl (C=O) groups excluding carboxylic acids is 1. The first-order valence-electron chi connectivity index (χ1n) is 4.68. The van der Waals surface area contributed by atoms with Crippen LogP contribution in [0.4, 0.5) is 0 Å². The van der Waals surface area contributed by atoms with Crippen LogP contribution in [0.25, 0.3) is 0 Å². The van der Waals surface area contributed by atoms with Gasteiger partial charge in [0.15, 0.2) is 0 Å². The average Bonchev–Trinajstić information content (AvgIpc) is 2.08. The molecule has 0 aromatic rings. The minimum atomic E-state index is -0.147. The van der Waals surface area contributed by atoms with Crippen molar-refractivity contribution in [3.8, 4) is 0 Å². The van der Waals surface area contributed by atoms with E-state index in [1.807, 2.05) is 20.9 Å². The lowest BCUT2D eigenvalue weighted by molar-refractivity contribution is -0.123. The highest BCUT2D eigenvalue weighted by Gasteiger charge is 2.20. The van der Waals surface area contributed by atoms with E-state index in [-0.39, 0.29) is 13.3 Å². The topological polar surface area (TPSA) is 46.3 Å². The Morgan fingerprint density at radius 1 is 1.58 bits per heavy atom. The number of amides is 1. The largest absolute Gasteiger partial charge is 0.369 e. The fourth-order valence-electron chi connectivity index (χ4n) is 1.40. The molecule has 1 saturated heterocycles. The third-order valence-electron chi connectivity index (χ3n) is 2.03. The monoisotopic (exact) mass is 174 g/mol. The zero-order valence-corrected chi connectivity index (χ0v) is 8.34. The molecule has 12 heavy (non-hydrogen) atoms. The van der Waals surface area contributed by atoms with Gasteiger partial charge in [-0.25, -0.2) is 0 Å². The lowest BCUT2D eigenvalue weighted by Crippen LogP contribution is -2.38. The summed E-state index contributed by atoms with van der Waals surface area (Å²) in [6.45, 7) is 5.94. The molecule has 0 saturated carbocycles. The molecule has 74 valence electrons. The van der Waals surface area contributed by atoms with Crippen LogP contribution in [0, 0.1) is 5.92 Å². The summed E-state index contributed by atoms with van der Waals surface area (Å²) in [7, 11) is 2.02. The number of rotatable bonds is 1. The van der Waals surface area contributed by atoms with Crippen molar-refractivity contribution >= 4 is 5.91 Å². The zero-order valence-electron chi connectivity index (χ0n) is 8.34. The van der Waals surface area contributed by atoms with E-state index in [0.717, 1.165) is 25.9 Å². The van der Waals surface area contributed by atoms with Crippen molar-refractivity contribution in [2.45, 2.75) is 26.7 Å². The number of hydrogen-bond donors (Lipinski definition) is 1. The lowest BCUT2D eigenvalue weighted by Gasteiger charge is -2.27. The number of piperidine rings is 1. The van der Waals surface area contributed by atoms with E-state index >= 15 is 0 Å². The molecule has 3 nitrogen and oxygen atoms in total. The minimum Gasteiger partial charge on any atom is -0.369 e. The van der Waals surface area contributed by atoms with E-state index in [9.17, 15) is 4.79 Å². The molecule has 1 fully saturated rings. The molecular weight excluding hydrogens is 152 g/mol. The molecule has 0 aromatic carbocycles. The molecule has 1 unspecified atom stereocenters. The summed E-state index contributed by atoms with van der Waals surface area (Å²) in [4.78, 5) is 12.8. The number of nitrogens with two attached hydrogens (primary N) is 1. The molecule has 0 spiro atoms. The van der Waals surface area contributed by atoms with Crippen LogP contribution in [0.15, 0.2) is 0 Å². The average molecular weight is 174 g/mol. The van der Waals surface area contributed by atoms with Gasteiger partial charge in [-0.1, -0.05) is 13.8 Å². The molecule has 0 radical (unpaired) electrons. The highest BCUT2D eigenvalue weighted by atomic mass is 16.1. The molecule has 1 amide bonds. The van der Waals surface area contributed by atoms with Gasteiger partial charge in [-0.05, 0) is 26.4 Å². The highest BCUT2D eigenvalue weighted by Crippen LogP contribution is 2.13. The Balaban J connectivity index is 0. The van der Waals surface area contributed by atoms with Gasteiger partial charge in [0.25, 0.3) is 0 Å². The molecule has 1 heterocycles. The van der Waals surface area contributed by atoms with Gasteiger partial charge >= 0.3 is 0 Å². The molecule has 1 atom stereocenters. The standard InChI is InChI=1S/C7H14N2O.C2H6.H2/c1-9-4-2-3-6(5-9)7(8)10;1-2;/h6H,2-5H2,1H3,(H2,8,10);1-2H3;1H. The van der Waals surface area contributed by atoms with E-state index in [0.29, 0.717) is 0 Å². The molecule has 0 aliphatic carbocycles. The molecule has 1 aliphatic heterocycles. The van der Waals surface area contributed by atoms with Gasteiger partial charge in [0.2, 0.25) is 5.91 Å². The summed E-state index contributed by atoms with van der Waals surface area (Å²) < 4.78 is 0. The van der Waals surface area contributed by atoms with Crippen LogP contribution < -0.4 is 5.73 Å². The van der Waals surface area contributed by atoms with Crippen molar-refractivity contribution in [2.24, 2.45) is 11.7 Å². The Morgan fingerprint density at radius 2 is 2.17 bits per heavy atom. The van der Waals surface area contributed by atoms with E-state index in [1.54, 1.807) is 0 Å². The third kappa shape index (κ3) is 3.72. The smallest absolute Gasteiger partial charge is 0.221 e. The van der Waals surface area contributed by atoms with Gasteiger partial charge in [-0.2, -0.15) is 0 Å². The van der Waals surface area contributed by atoms with Gasteiger partial charge < -0.3 is 10.6 Å². The summed E-state index contributed by atoms with van der Waals surface area (Å²) in [6.07, 6.45) is 2.07. The maximum absolute atomic E-state index is 10.7. The van der Waals surface area contributed by atoms with Gasteiger partial charge in [0.05, 0.1) is 5.92 Å². The number of carbonyl (C=O) groups is 1. The predicted octanol–water partition coefficient (Wildman–Crippen LogP) is 1.09. The van der Waals surface area contributed by atoms with Crippen LogP contribution in [-0.4, -0.2) is 30.9 Å². The van der Waals surface area contributed by atoms with Gasteiger partial charge in [0.1, 0.15) is 0 Å². The normalized spacial score (nSPS) is 24.1. The molecule has 1 aliphatic rings. The number of primary amides is 1. The van der Waals surface area contributed by atoms with E-state index in [1.165, 1.54) is 0 Å². The Bertz CT molecular complexity index is 142. The molecule has 3 heteroatoms. The highest BCUT2D eigenvalue weighted by molar-refractivity contribution is 5.76. The first-order valence-corrected chi connectivity index (χ1v) is 4.68. The minimum absolute atomic E-state index is 0. The van der Waals surface area contributed by atoms with Crippen molar-refractivity contribution in [3.05, 3.63) is 0 Å². The van der Waals surface area contributed by atoms with Gasteiger partial charge in [-0.15, -0.1) is 0 Å². The third-order valence-corrected chi connectivity index (χ3v) is 2.03. The Kier molecular flexibility index (Phi) is 5.72. The number of likely N-dealkylation sites (tertiary alicyclic amines) is 1. The van der Waals surface area contributed by atoms with Gasteiger partial charge in [0, 0.05) is 7.97 Å². The summed E-state index contributed by atoms with van der Waals surface area (Å²) >= 11 is 0. The Morgan fingerprint density at radius 3 is 2.50 bits per heavy atom. The summed E-state index contributed by atoms with van der Waals surface area (Å²) in [5.41, 5.74) is 5.16. The van der Waals surface area contributed by atoms with Gasteiger partial charge in [-0.3, -0.25) is 4.79 Å². The van der Waals surface area contributed by atoms with E-state index in [2.05, 4.69) is 4.90 Å². The Hall–Kier alpha value is -0.570. The zero-order chi connectivity index (χ0) is 9.56. The maximum Gasteiger partial charge on any atom is 0.221 e. The second kappa shape index (κ2) is 6.00. The van der Waals surface area contributed by atoms with Crippen LogP contribution in [0.5, 0.6) is 0 Å². The molecular formula is C9H22N2O. The van der Waals surface area contributed by atoms with E-state index < -0.39 is 0 Å². The quantitative estimate of drug-likeness (QED) is 0.646. The first-order chi connectivity index (χ1) is 5.70. The predicted molar refractivity (Wildman–Crippen MR) is 52.9 cm³/mol. The Labute approximate surface area is 76.4 Å². The van der Waals surface area contributed by atoms with Crippen LogP contribution in [0.3, 0.4) is 0 Å². The van der Waals surface area contributed by atoms with Crippen molar-refractivity contribution in [3.63, 3.8) is 0 Å². The van der Waals surface area contributed by atoms with Crippen LogP contribution in [-0.2, 0) is 4.79 Å². The van der Waals surface area contributed by atoms with Crippen LogP contribution in [0.2, 0.25) is 0 Å². The molecule has 2 N–H and O–H groups in total. The van der Waals surface area contributed by atoms with Crippen LogP contribution >= 0.6 is 0 Å². The number of hydrogen-bond acceptors (Lipinski definition) is 2. The second-order valence-electron chi connectivity index (χ2n) is 3.00. The summed E-state index contributed by atoms with van der Waals surface area (Å²) in [5, 5.41) is 0. The van der Waals surface area contributed by atoms with E-state index in [4.69, 9.17) is 5.73 Å². The first kappa shape index (κ1) is 11.4. The molecule has 0 aromatic heterocycles. The maximum atomic E-state index is 10.7. The fraction of sp³-hybridized carbons (Fsp3) is 0.889.